The molecule has 2 aromatic rings. The number of nitrogens with one attached hydrogen (secondary N) is 1. The Morgan fingerprint density at radius 3 is 2.88 bits per heavy atom. The van der Waals surface area contributed by atoms with Crippen LogP contribution in [0.2, 0.25) is 0 Å². The van der Waals surface area contributed by atoms with Crippen LogP contribution in [0.3, 0.4) is 0 Å². The average molecular weight is 369 g/mol. The highest BCUT2D eigenvalue weighted by Crippen LogP contribution is 2.19. The third-order valence-corrected chi connectivity index (χ3v) is 4.45. The summed E-state index contributed by atoms with van der Waals surface area (Å²) in [5.41, 5.74) is 0.777. The maximum absolute atomic E-state index is 12.3. The number of likely N-dealkylation sites (tertiary alicyclic amines) is 1. The van der Waals surface area contributed by atoms with Gasteiger partial charge in [0.25, 0.3) is 0 Å². The van der Waals surface area contributed by atoms with E-state index in [0.717, 1.165) is 44.6 Å². The minimum Gasteiger partial charge on any atom is -0.472 e. The van der Waals surface area contributed by atoms with Crippen molar-refractivity contribution in [3.05, 3.63) is 24.5 Å². The normalized spacial score (nSPS) is 15.2. The molecule has 7 nitrogen and oxygen atoms in total. The number of piperidine rings is 1. The maximum atomic E-state index is 12.3. The van der Waals surface area contributed by atoms with Gasteiger partial charge in [0.15, 0.2) is 0 Å². The number of carbonyl (C=O) groups excluding carboxylic acids is 1. The molecule has 138 valence electrons. The lowest BCUT2D eigenvalue weighted by Crippen LogP contribution is -2.40. The van der Waals surface area contributed by atoms with Gasteiger partial charge in [0.05, 0.1) is 11.8 Å². The van der Waals surface area contributed by atoms with Crippen LogP contribution in [0.5, 0.6) is 0 Å². The molecule has 1 amide bonds. The Labute approximate surface area is 153 Å². The van der Waals surface area contributed by atoms with E-state index in [0.29, 0.717) is 30.5 Å². The second-order valence-corrected chi connectivity index (χ2v) is 6.16. The predicted molar refractivity (Wildman–Crippen MR) is 95.4 cm³/mol. The lowest BCUT2D eigenvalue weighted by atomic mass is 9.96. The van der Waals surface area contributed by atoms with Gasteiger partial charge in [-0.2, -0.15) is 4.98 Å². The van der Waals surface area contributed by atoms with Crippen LogP contribution >= 0.6 is 12.4 Å². The van der Waals surface area contributed by atoms with Gasteiger partial charge in [-0.05, 0) is 37.9 Å². The molecular formula is C17H25ClN4O3. The summed E-state index contributed by atoms with van der Waals surface area (Å²) in [5, 5.41) is 7.29. The first-order valence-electron chi connectivity index (χ1n) is 8.60. The topological polar surface area (TPSA) is 84.4 Å². The zero-order valence-corrected chi connectivity index (χ0v) is 15.3. The monoisotopic (exact) mass is 368 g/mol. The molecule has 0 aliphatic carbocycles. The molecule has 1 saturated heterocycles. The summed E-state index contributed by atoms with van der Waals surface area (Å²) in [5.74, 6) is 1.83. The molecule has 3 rings (SSSR count). The van der Waals surface area contributed by atoms with E-state index in [1.54, 1.807) is 18.6 Å². The molecule has 0 aromatic carbocycles. The van der Waals surface area contributed by atoms with Gasteiger partial charge in [0.2, 0.25) is 17.6 Å². The molecule has 0 atom stereocenters. The number of aromatic nitrogens is 2. The fourth-order valence-corrected chi connectivity index (χ4v) is 2.97. The van der Waals surface area contributed by atoms with E-state index < -0.39 is 0 Å². The van der Waals surface area contributed by atoms with Crippen LogP contribution in [0.1, 0.15) is 32.1 Å². The number of halogens is 1. The van der Waals surface area contributed by atoms with Crippen molar-refractivity contribution in [3.8, 4) is 11.4 Å². The number of amides is 1. The van der Waals surface area contributed by atoms with Gasteiger partial charge in [-0.15, -0.1) is 12.4 Å². The quantitative estimate of drug-likeness (QED) is 0.808. The second-order valence-electron chi connectivity index (χ2n) is 6.16. The molecule has 3 heterocycles. The Bertz CT molecular complexity index is 636. The van der Waals surface area contributed by atoms with Crippen LogP contribution in [-0.2, 0) is 11.2 Å². The first-order chi connectivity index (χ1) is 11.8. The zero-order chi connectivity index (χ0) is 16.8. The number of rotatable bonds is 7. The van der Waals surface area contributed by atoms with Gasteiger partial charge >= 0.3 is 0 Å². The number of hydrogen-bond donors (Lipinski definition) is 1. The summed E-state index contributed by atoms with van der Waals surface area (Å²) < 4.78 is 10.2. The molecule has 1 fully saturated rings. The van der Waals surface area contributed by atoms with E-state index in [1.165, 1.54) is 0 Å². The molecule has 1 aliphatic rings. The average Bonchev–Trinajstić information content (AvgIpc) is 3.29. The molecule has 25 heavy (non-hydrogen) atoms. The van der Waals surface area contributed by atoms with Crippen molar-refractivity contribution >= 4 is 18.3 Å². The summed E-state index contributed by atoms with van der Waals surface area (Å²) in [6.07, 6.45) is 6.16. The zero-order valence-electron chi connectivity index (χ0n) is 14.4. The Hall–Kier alpha value is -1.86. The van der Waals surface area contributed by atoms with Gasteiger partial charge in [-0.3, -0.25) is 4.79 Å². The van der Waals surface area contributed by atoms with Crippen LogP contribution in [0, 0.1) is 5.92 Å². The van der Waals surface area contributed by atoms with Crippen molar-refractivity contribution < 1.29 is 13.7 Å². The summed E-state index contributed by atoms with van der Waals surface area (Å²) >= 11 is 0. The van der Waals surface area contributed by atoms with Crippen molar-refractivity contribution in [1.82, 2.24) is 20.4 Å². The Kier molecular flexibility index (Phi) is 7.46. The van der Waals surface area contributed by atoms with Crippen LogP contribution in [0.15, 0.2) is 27.5 Å². The first kappa shape index (κ1) is 19.5. The van der Waals surface area contributed by atoms with E-state index >= 15 is 0 Å². The van der Waals surface area contributed by atoms with Crippen LogP contribution in [0.25, 0.3) is 11.4 Å². The van der Waals surface area contributed by atoms with Crippen LogP contribution in [-0.4, -0.2) is 47.1 Å². The van der Waals surface area contributed by atoms with Gasteiger partial charge < -0.3 is 19.2 Å². The lowest BCUT2D eigenvalue weighted by molar-refractivity contribution is -0.132. The van der Waals surface area contributed by atoms with Crippen LogP contribution in [0.4, 0.5) is 0 Å². The minimum absolute atomic E-state index is 0. The van der Waals surface area contributed by atoms with E-state index in [4.69, 9.17) is 8.94 Å². The fraction of sp³-hybridized carbons (Fsp3) is 0.588. The lowest BCUT2D eigenvalue weighted by Gasteiger charge is -2.32. The molecular weight excluding hydrogens is 344 g/mol. The Morgan fingerprint density at radius 1 is 1.40 bits per heavy atom. The second kappa shape index (κ2) is 9.58. The highest BCUT2D eigenvalue weighted by molar-refractivity contribution is 5.85. The van der Waals surface area contributed by atoms with Crippen molar-refractivity contribution in [3.63, 3.8) is 0 Å². The maximum Gasteiger partial charge on any atom is 0.227 e. The standard InChI is InChI=1S/C17H24N4O3.ClH/c1-2-18-11-13-5-8-21(9-6-13)16(22)4-3-15-19-17(20-24-15)14-7-10-23-12-14;/h7,10,12-13,18H,2-6,8-9,11H2,1H3;1H. The van der Waals surface area contributed by atoms with Crippen molar-refractivity contribution in [2.75, 3.05) is 26.2 Å². The van der Waals surface area contributed by atoms with E-state index in [9.17, 15) is 4.79 Å². The summed E-state index contributed by atoms with van der Waals surface area (Å²) in [6, 6.07) is 1.78. The number of carbonyl (C=O) groups is 1. The smallest absolute Gasteiger partial charge is 0.227 e. The van der Waals surface area contributed by atoms with E-state index in [2.05, 4.69) is 22.4 Å². The van der Waals surface area contributed by atoms with Crippen molar-refractivity contribution in [2.24, 2.45) is 5.92 Å². The molecule has 0 bridgehead atoms. The van der Waals surface area contributed by atoms with Gasteiger partial charge in [0.1, 0.15) is 6.26 Å². The number of aryl methyl sites for hydroxylation is 1. The third-order valence-electron chi connectivity index (χ3n) is 4.45. The summed E-state index contributed by atoms with van der Waals surface area (Å²) in [6.45, 7) is 5.87. The molecule has 0 radical (unpaired) electrons. The van der Waals surface area contributed by atoms with Gasteiger partial charge in [0, 0.05) is 25.9 Å². The van der Waals surface area contributed by atoms with Crippen molar-refractivity contribution in [1.29, 1.82) is 0 Å². The Balaban J connectivity index is 0.00000225. The third kappa shape index (κ3) is 5.31. The summed E-state index contributed by atoms with van der Waals surface area (Å²) in [7, 11) is 0. The molecule has 1 N–H and O–H groups in total. The summed E-state index contributed by atoms with van der Waals surface area (Å²) in [4.78, 5) is 18.6. The first-order valence-corrected chi connectivity index (χ1v) is 8.60. The number of hydrogen-bond acceptors (Lipinski definition) is 6. The van der Waals surface area contributed by atoms with Crippen molar-refractivity contribution in [2.45, 2.75) is 32.6 Å². The largest absolute Gasteiger partial charge is 0.472 e. The van der Waals surface area contributed by atoms with Crippen LogP contribution < -0.4 is 5.32 Å². The molecule has 0 unspecified atom stereocenters. The fourth-order valence-electron chi connectivity index (χ4n) is 2.97. The van der Waals surface area contributed by atoms with E-state index in [-0.39, 0.29) is 18.3 Å². The van der Waals surface area contributed by atoms with E-state index in [1.807, 2.05) is 4.90 Å². The minimum atomic E-state index is 0. The SMILES string of the molecule is CCNCC1CCN(C(=O)CCc2nc(-c3ccoc3)no2)CC1.Cl. The van der Waals surface area contributed by atoms with Gasteiger partial charge in [-0.25, -0.2) is 0 Å². The predicted octanol–water partition coefficient (Wildman–Crippen LogP) is 2.53. The highest BCUT2D eigenvalue weighted by Gasteiger charge is 2.22. The molecule has 0 spiro atoms. The molecule has 1 aliphatic heterocycles. The Morgan fingerprint density at radius 2 is 2.20 bits per heavy atom. The molecule has 0 saturated carbocycles. The molecule has 8 heteroatoms. The highest BCUT2D eigenvalue weighted by atomic mass is 35.5. The number of nitrogens with zero attached hydrogens (tertiary/aromatic N) is 3. The molecule has 2 aromatic heterocycles. The van der Waals surface area contributed by atoms with Gasteiger partial charge in [-0.1, -0.05) is 12.1 Å². The number of furan rings is 1.